The molecule has 0 bridgehead atoms. The maximum atomic E-state index is 13.8. The lowest BCUT2D eigenvalue weighted by atomic mass is 9.79. The number of carboxylic acids is 1. The van der Waals surface area contributed by atoms with Crippen molar-refractivity contribution in [3.05, 3.63) is 70.8 Å². The summed E-state index contributed by atoms with van der Waals surface area (Å²) in [5, 5.41) is 23.3. The summed E-state index contributed by atoms with van der Waals surface area (Å²) >= 11 is 0. The van der Waals surface area contributed by atoms with E-state index < -0.39 is 23.7 Å². The van der Waals surface area contributed by atoms with E-state index in [-0.39, 0.29) is 35.7 Å². The van der Waals surface area contributed by atoms with Crippen molar-refractivity contribution in [2.24, 2.45) is 5.92 Å². The largest absolute Gasteiger partial charge is 0.478 e. The van der Waals surface area contributed by atoms with Crippen LogP contribution in [0.25, 0.3) is 0 Å². The van der Waals surface area contributed by atoms with Gasteiger partial charge in [-0.2, -0.15) is 0 Å². The molecule has 2 aromatic carbocycles. The predicted octanol–water partition coefficient (Wildman–Crippen LogP) is 5.00. The fourth-order valence-electron chi connectivity index (χ4n) is 6.75. The molecule has 2 saturated heterocycles. The van der Waals surface area contributed by atoms with Crippen LogP contribution in [0.3, 0.4) is 0 Å². The second-order valence-corrected chi connectivity index (χ2v) is 12.3. The van der Waals surface area contributed by atoms with Gasteiger partial charge in [0.1, 0.15) is 23.1 Å². The number of unbranched alkanes of at least 4 members (excludes halogenated alkanes) is 1. The number of ether oxygens (including phenoxy) is 1. The number of piperazine rings is 1. The first-order valence-corrected chi connectivity index (χ1v) is 15.4. The van der Waals surface area contributed by atoms with Crippen LogP contribution in [0, 0.1) is 19.8 Å². The molecule has 44 heavy (non-hydrogen) atoms. The number of amides is 2. The molecule has 238 valence electrons. The van der Waals surface area contributed by atoms with Gasteiger partial charge in [0, 0.05) is 26.2 Å². The maximum absolute atomic E-state index is 13.8. The monoisotopic (exact) mass is 625 g/mol. The SMILES string of the molecule is CCCCN1C(=O)[C@@H]([C@H](O)C2CC=CC2)NC(=O)C12CCN(Cc1ccc(Oc3c(C)cc(C(=O)O)cc3C)cc1)CC2.Cl. The molecule has 0 saturated carbocycles. The van der Waals surface area contributed by atoms with Gasteiger partial charge in [-0.05, 0) is 92.8 Å². The molecule has 9 nitrogen and oxygen atoms in total. The normalized spacial score (nSPS) is 20.8. The van der Waals surface area contributed by atoms with E-state index in [1.54, 1.807) is 17.0 Å². The van der Waals surface area contributed by atoms with Crippen molar-refractivity contribution in [1.82, 2.24) is 15.1 Å². The molecule has 2 atom stereocenters. The average Bonchev–Trinajstić information content (AvgIpc) is 3.53. The van der Waals surface area contributed by atoms with Crippen LogP contribution >= 0.6 is 12.4 Å². The molecule has 0 aromatic heterocycles. The first kappa shape index (κ1) is 33.5. The van der Waals surface area contributed by atoms with Crippen LogP contribution in [-0.2, 0) is 16.1 Å². The summed E-state index contributed by atoms with van der Waals surface area (Å²) in [5.41, 5.74) is 2.00. The number of carbonyl (C=O) groups excluding carboxylic acids is 2. The van der Waals surface area contributed by atoms with Gasteiger partial charge in [0.2, 0.25) is 11.8 Å². The van der Waals surface area contributed by atoms with Gasteiger partial charge in [-0.3, -0.25) is 14.5 Å². The van der Waals surface area contributed by atoms with E-state index in [0.29, 0.717) is 50.5 Å². The van der Waals surface area contributed by atoms with Gasteiger partial charge < -0.3 is 25.2 Å². The molecule has 2 aliphatic heterocycles. The van der Waals surface area contributed by atoms with Gasteiger partial charge >= 0.3 is 5.97 Å². The third-order valence-corrected chi connectivity index (χ3v) is 9.30. The molecule has 5 rings (SSSR count). The molecule has 0 radical (unpaired) electrons. The summed E-state index contributed by atoms with van der Waals surface area (Å²) in [6.07, 6.45) is 7.44. The molecule has 2 fully saturated rings. The van der Waals surface area contributed by atoms with Gasteiger partial charge in [-0.1, -0.05) is 37.6 Å². The van der Waals surface area contributed by atoms with Gasteiger partial charge in [-0.25, -0.2) is 4.79 Å². The Balaban J connectivity index is 0.00000442. The zero-order valence-electron chi connectivity index (χ0n) is 25.8. The Morgan fingerprint density at radius 2 is 1.68 bits per heavy atom. The minimum atomic E-state index is -0.963. The second kappa shape index (κ2) is 14.1. The lowest BCUT2D eigenvalue weighted by Gasteiger charge is -2.52. The fourth-order valence-corrected chi connectivity index (χ4v) is 6.75. The van der Waals surface area contributed by atoms with Gasteiger partial charge in [-0.15, -0.1) is 12.4 Å². The summed E-state index contributed by atoms with van der Waals surface area (Å²) in [4.78, 5) is 42.9. The molecular weight excluding hydrogens is 582 g/mol. The fraction of sp³-hybridized carbons (Fsp3) is 0.500. The number of nitrogens with zero attached hydrogens (tertiary/aromatic N) is 2. The number of halogens is 1. The highest BCUT2D eigenvalue weighted by Gasteiger charge is 2.55. The maximum Gasteiger partial charge on any atom is 0.335 e. The third kappa shape index (κ3) is 6.80. The molecule has 2 aromatic rings. The van der Waals surface area contributed by atoms with Crippen LogP contribution in [0.15, 0.2) is 48.6 Å². The summed E-state index contributed by atoms with van der Waals surface area (Å²) in [5.74, 6) is 0.0305. The number of aliphatic hydroxyl groups is 1. The van der Waals surface area contributed by atoms with E-state index in [9.17, 15) is 24.6 Å². The van der Waals surface area contributed by atoms with Crippen molar-refractivity contribution in [2.75, 3.05) is 19.6 Å². The van der Waals surface area contributed by atoms with Crippen LogP contribution in [-0.4, -0.2) is 75.1 Å². The number of hydrogen-bond donors (Lipinski definition) is 3. The number of carbonyl (C=O) groups is 3. The van der Waals surface area contributed by atoms with Crippen LogP contribution in [0.4, 0.5) is 0 Å². The van der Waals surface area contributed by atoms with Crippen molar-refractivity contribution in [3.63, 3.8) is 0 Å². The van der Waals surface area contributed by atoms with Crippen molar-refractivity contribution in [3.8, 4) is 11.5 Å². The molecule has 3 N–H and O–H groups in total. The van der Waals surface area contributed by atoms with E-state index >= 15 is 0 Å². The molecule has 3 aliphatic rings. The summed E-state index contributed by atoms with van der Waals surface area (Å²) in [6, 6.07) is 10.2. The molecule has 10 heteroatoms. The predicted molar refractivity (Wildman–Crippen MR) is 170 cm³/mol. The van der Waals surface area contributed by atoms with Crippen LogP contribution < -0.4 is 10.1 Å². The lowest BCUT2D eigenvalue weighted by molar-refractivity contribution is -0.165. The third-order valence-electron chi connectivity index (χ3n) is 9.30. The average molecular weight is 626 g/mol. The Hall–Kier alpha value is -3.40. The van der Waals surface area contributed by atoms with Gasteiger partial charge in [0.15, 0.2) is 0 Å². The standard InChI is InChI=1S/C34H43N3O6.ClH/c1-4-5-16-37-31(39)28(29(38)25-8-6-7-9-25)35-33(42)34(37)14-17-36(18-15-34)21-24-10-12-27(13-11-24)43-30-22(2)19-26(32(40)41)20-23(30)3;/h6-7,10-13,19-20,25,28-29,38H,4-5,8-9,14-18,21H2,1-3H3,(H,35,42)(H,40,41);1H/t28-,29-;/m1./s1. The number of piperidine rings is 1. The first-order chi connectivity index (χ1) is 20.6. The quantitative estimate of drug-likeness (QED) is 0.318. The van der Waals surface area contributed by atoms with E-state index in [1.165, 1.54) is 0 Å². The second-order valence-electron chi connectivity index (χ2n) is 12.3. The Kier molecular flexibility index (Phi) is 10.8. The Morgan fingerprint density at radius 3 is 2.25 bits per heavy atom. The number of aromatic carboxylic acids is 1. The minimum Gasteiger partial charge on any atom is -0.478 e. The van der Waals surface area contributed by atoms with E-state index in [0.717, 1.165) is 42.4 Å². The van der Waals surface area contributed by atoms with E-state index in [4.69, 9.17) is 4.74 Å². The molecule has 2 amide bonds. The van der Waals surface area contributed by atoms with Crippen molar-refractivity contribution < 1.29 is 29.3 Å². The molecule has 1 spiro atoms. The van der Waals surface area contributed by atoms with Crippen molar-refractivity contribution in [2.45, 2.75) is 83.5 Å². The number of likely N-dealkylation sites (tertiary alicyclic amines) is 1. The Bertz CT molecular complexity index is 1350. The molecular formula is C34H44ClN3O6. The summed E-state index contributed by atoms with van der Waals surface area (Å²) < 4.78 is 6.11. The zero-order valence-corrected chi connectivity index (χ0v) is 26.6. The van der Waals surface area contributed by atoms with Crippen LogP contribution in [0.1, 0.15) is 72.5 Å². The Labute approximate surface area is 265 Å². The van der Waals surface area contributed by atoms with Gasteiger partial charge in [0.05, 0.1) is 11.7 Å². The number of allylic oxidation sites excluding steroid dienone is 2. The number of aryl methyl sites for hydroxylation is 2. The van der Waals surface area contributed by atoms with E-state index in [2.05, 4.69) is 17.1 Å². The number of hydrogen-bond acceptors (Lipinski definition) is 6. The smallest absolute Gasteiger partial charge is 0.335 e. The zero-order chi connectivity index (χ0) is 30.7. The first-order valence-electron chi connectivity index (χ1n) is 15.4. The van der Waals surface area contributed by atoms with Crippen LogP contribution in [0.5, 0.6) is 11.5 Å². The van der Waals surface area contributed by atoms with Crippen LogP contribution in [0.2, 0.25) is 0 Å². The number of benzene rings is 2. The topological polar surface area (TPSA) is 119 Å². The van der Waals surface area contributed by atoms with Gasteiger partial charge in [0.25, 0.3) is 0 Å². The number of aliphatic hydroxyl groups excluding tert-OH is 1. The van der Waals surface area contributed by atoms with E-state index in [1.807, 2.05) is 50.3 Å². The number of nitrogens with one attached hydrogen (secondary N) is 1. The molecule has 2 heterocycles. The van der Waals surface area contributed by atoms with Crippen molar-refractivity contribution in [1.29, 1.82) is 0 Å². The number of carboxylic acid groups (broad SMARTS) is 1. The molecule has 0 unspecified atom stereocenters. The summed E-state index contributed by atoms with van der Waals surface area (Å²) in [7, 11) is 0. The lowest BCUT2D eigenvalue weighted by Crippen LogP contribution is -2.75. The number of rotatable bonds is 10. The summed E-state index contributed by atoms with van der Waals surface area (Å²) in [6.45, 7) is 8.34. The minimum absolute atomic E-state index is 0. The highest BCUT2D eigenvalue weighted by Crippen LogP contribution is 2.36. The highest BCUT2D eigenvalue weighted by molar-refractivity contribution is 6.00. The molecule has 1 aliphatic carbocycles. The Morgan fingerprint density at radius 1 is 1.07 bits per heavy atom. The highest BCUT2D eigenvalue weighted by atomic mass is 35.5. The van der Waals surface area contributed by atoms with Crippen molar-refractivity contribution >= 4 is 30.2 Å².